The number of hydrogen-bond acceptors (Lipinski definition) is 3. The molecule has 1 saturated heterocycles. The second kappa shape index (κ2) is 11.0. The van der Waals surface area contributed by atoms with Gasteiger partial charge in [0.05, 0.1) is 18.2 Å². The quantitative estimate of drug-likeness (QED) is 0.305. The zero-order chi connectivity index (χ0) is 26.6. The summed E-state index contributed by atoms with van der Waals surface area (Å²) in [5, 5.41) is 0. The van der Waals surface area contributed by atoms with E-state index in [-0.39, 0.29) is 24.1 Å². The summed E-state index contributed by atoms with van der Waals surface area (Å²) in [6.07, 6.45) is -9.23. The van der Waals surface area contributed by atoms with Crippen molar-refractivity contribution in [3.05, 3.63) is 95.1 Å². The molecule has 9 heteroatoms. The van der Waals surface area contributed by atoms with E-state index in [1.807, 2.05) is 54.6 Å². The van der Waals surface area contributed by atoms with Gasteiger partial charge in [0.1, 0.15) is 5.75 Å². The molecule has 1 aliphatic rings. The Kier molecular flexibility index (Phi) is 8.02. The van der Waals surface area contributed by atoms with Crippen molar-refractivity contribution in [3.63, 3.8) is 0 Å². The number of anilines is 1. The van der Waals surface area contributed by atoms with Crippen molar-refractivity contribution in [1.82, 2.24) is 4.90 Å². The first-order valence-corrected chi connectivity index (χ1v) is 12.0. The van der Waals surface area contributed by atoms with Crippen LogP contribution in [0.25, 0.3) is 0 Å². The number of aryl methyl sites for hydroxylation is 1. The first-order valence-electron chi connectivity index (χ1n) is 12.0. The number of nitrogens with zero attached hydrogens (tertiary/aromatic N) is 2. The molecule has 37 heavy (non-hydrogen) atoms. The van der Waals surface area contributed by atoms with Crippen molar-refractivity contribution < 1.29 is 31.1 Å². The second-order valence-electron chi connectivity index (χ2n) is 9.10. The first-order chi connectivity index (χ1) is 17.5. The maximum absolute atomic E-state index is 13.3. The second-order valence-corrected chi connectivity index (χ2v) is 9.10. The van der Waals surface area contributed by atoms with E-state index >= 15 is 0 Å². The molecule has 0 spiro atoms. The number of alkyl halides is 6. The Morgan fingerprint density at radius 2 is 1.32 bits per heavy atom. The van der Waals surface area contributed by atoms with Gasteiger partial charge in [-0.15, -0.1) is 0 Å². The average molecular weight is 523 g/mol. The van der Waals surface area contributed by atoms with Crippen molar-refractivity contribution in [1.29, 1.82) is 0 Å². The molecule has 4 rings (SSSR count). The smallest absolute Gasteiger partial charge is 0.416 e. The van der Waals surface area contributed by atoms with E-state index in [9.17, 15) is 26.3 Å². The third-order valence-corrected chi connectivity index (χ3v) is 6.73. The standard InChI is InChI=1S/C28H28F6N2O/c1-37-25-10-8-24(9-11-25)35-13-15-36(16-14-35)26(21-5-3-2-4-6-21)12-7-20-17-22(27(29,30)31)19-23(18-20)28(32,33)34/h2-6,8-11,17-19,26H,7,12-16H2,1H3. The number of benzene rings is 3. The molecule has 1 fully saturated rings. The molecular weight excluding hydrogens is 494 g/mol. The zero-order valence-electron chi connectivity index (χ0n) is 20.3. The summed E-state index contributed by atoms with van der Waals surface area (Å²) >= 11 is 0. The highest BCUT2D eigenvalue weighted by Crippen LogP contribution is 2.37. The number of rotatable bonds is 7. The molecule has 0 amide bonds. The van der Waals surface area contributed by atoms with Gasteiger partial charge in [0.25, 0.3) is 0 Å². The molecule has 0 bridgehead atoms. The van der Waals surface area contributed by atoms with E-state index < -0.39 is 23.5 Å². The van der Waals surface area contributed by atoms with Crippen LogP contribution in [0.15, 0.2) is 72.8 Å². The minimum absolute atomic E-state index is 0.0277. The summed E-state index contributed by atoms with van der Waals surface area (Å²) in [4.78, 5) is 4.51. The van der Waals surface area contributed by atoms with Crippen LogP contribution in [-0.4, -0.2) is 38.2 Å². The molecule has 3 aromatic carbocycles. The zero-order valence-corrected chi connectivity index (χ0v) is 20.3. The number of halogens is 6. The summed E-state index contributed by atoms with van der Waals surface area (Å²) in [5.41, 5.74) is -0.466. The molecule has 0 saturated carbocycles. The molecule has 0 aromatic heterocycles. The Hall–Kier alpha value is -3.20. The molecule has 198 valence electrons. The van der Waals surface area contributed by atoms with Gasteiger partial charge in [-0.1, -0.05) is 30.3 Å². The molecule has 3 aromatic rings. The lowest BCUT2D eigenvalue weighted by Gasteiger charge is -2.40. The SMILES string of the molecule is COc1ccc(N2CCN(C(CCc3cc(C(F)(F)F)cc(C(F)(F)F)c3)c3ccccc3)CC2)cc1. The molecule has 1 aliphatic heterocycles. The number of hydrogen-bond donors (Lipinski definition) is 0. The largest absolute Gasteiger partial charge is 0.497 e. The fourth-order valence-electron chi connectivity index (χ4n) is 4.79. The number of piperazine rings is 1. The molecule has 0 N–H and O–H groups in total. The molecular formula is C28H28F6N2O. The molecule has 1 atom stereocenters. The highest BCUT2D eigenvalue weighted by molar-refractivity contribution is 5.49. The third kappa shape index (κ3) is 6.77. The first kappa shape index (κ1) is 26.9. The predicted octanol–water partition coefficient (Wildman–Crippen LogP) is 7.23. The predicted molar refractivity (Wildman–Crippen MR) is 131 cm³/mol. The van der Waals surface area contributed by atoms with Crippen LogP contribution in [0.2, 0.25) is 0 Å². The van der Waals surface area contributed by atoms with E-state index in [0.29, 0.717) is 19.5 Å². The fraction of sp³-hybridized carbons (Fsp3) is 0.357. The van der Waals surface area contributed by atoms with Gasteiger partial charge in [0, 0.05) is 37.9 Å². The topological polar surface area (TPSA) is 15.7 Å². The van der Waals surface area contributed by atoms with Crippen LogP contribution >= 0.6 is 0 Å². The van der Waals surface area contributed by atoms with Crippen molar-refractivity contribution in [2.45, 2.75) is 31.2 Å². The van der Waals surface area contributed by atoms with Gasteiger partial charge >= 0.3 is 12.4 Å². The van der Waals surface area contributed by atoms with Crippen molar-refractivity contribution >= 4 is 5.69 Å². The maximum Gasteiger partial charge on any atom is 0.416 e. The van der Waals surface area contributed by atoms with Crippen molar-refractivity contribution in [2.75, 3.05) is 38.2 Å². The van der Waals surface area contributed by atoms with Crippen molar-refractivity contribution in [2.24, 2.45) is 0 Å². The average Bonchev–Trinajstić information content (AvgIpc) is 2.89. The Morgan fingerprint density at radius 3 is 1.84 bits per heavy atom. The van der Waals surface area contributed by atoms with Crippen LogP contribution in [0.4, 0.5) is 32.0 Å². The van der Waals surface area contributed by atoms with Crippen LogP contribution in [0.5, 0.6) is 5.75 Å². The van der Waals surface area contributed by atoms with Crippen LogP contribution < -0.4 is 9.64 Å². The summed E-state index contributed by atoms with van der Waals surface area (Å²) in [6, 6.07) is 19.1. The fourth-order valence-corrected chi connectivity index (χ4v) is 4.79. The minimum atomic E-state index is -4.85. The lowest BCUT2D eigenvalue weighted by molar-refractivity contribution is -0.143. The lowest BCUT2D eigenvalue weighted by Crippen LogP contribution is -2.47. The maximum atomic E-state index is 13.3. The molecule has 1 heterocycles. The summed E-state index contributed by atoms with van der Waals surface area (Å²) in [6.45, 7) is 2.92. The molecule has 0 aliphatic carbocycles. The van der Waals surface area contributed by atoms with Gasteiger partial charge in [-0.2, -0.15) is 26.3 Å². The molecule has 0 radical (unpaired) electrons. The third-order valence-electron chi connectivity index (χ3n) is 6.73. The molecule has 1 unspecified atom stereocenters. The Bertz CT molecular complexity index is 1120. The lowest BCUT2D eigenvalue weighted by atomic mass is 9.95. The molecule has 3 nitrogen and oxygen atoms in total. The van der Waals surface area contributed by atoms with Gasteiger partial charge in [0.2, 0.25) is 0 Å². The number of methoxy groups -OCH3 is 1. The summed E-state index contributed by atoms with van der Waals surface area (Å²) in [7, 11) is 1.61. The van der Waals surface area contributed by atoms with Gasteiger partial charge in [-0.25, -0.2) is 0 Å². The van der Waals surface area contributed by atoms with Crippen LogP contribution in [0, 0.1) is 0 Å². The number of ether oxygens (including phenoxy) is 1. The van der Waals surface area contributed by atoms with E-state index in [4.69, 9.17) is 4.74 Å². The van der Waals surface area contributed by atoms with Gasteiger partial charge in [0.15, 0.2) is 0 Å². The van der Waals surface area contributed by atoms with E-state index in [1.165, 1.54) is 0 Å². The van der Waals surface area contributed by atoms with Gasteiger partial charge in [-0.3, -0.25) is 4.90 Å². The highest BCUT2D eigenvalue weighted by atomic mass is 19.4. The van der Waals surface area contributed by atoms with E-state index in [0.717, 1.165) is 42.2 Å². The van der Waals surface area contributed by atoms with Gasteiger partial charge < -0.3 is 9.64 Å². The van der Waals surface area contributed by atoms with E-state index in [2.05, 4.69) is 9.80 Å². The van der Waals surface area contributed by atoms with Crippen LogP contribution in [0.3, 0.4) is 0 Å². The Labute approximate surface area is 212 Å². The highest BCUT2D eigenvalue weighted by Gasteiger charge is 2.37. The van der Waals surface area contributed by atoms with Crippen LogP contribution in [0.1, 0.15) is 34.7 Å². The minimum Gasteiger partial charge on any atom is -0.497 e. The Morgan fingerprint density at radius 1 is 0.757 bits per heavy atom. The summed E-state index contributed by atoms with van der Waals surface area (Å²) in [5.74, 6) is 0.773. The Balaban J connectivity index is 1.52. The van der Waals surface area contributed by atoms with Gasteiger partial charge in [-0.05, 0) is 66.4 Å². The monoisotopic (exact) mass is 522 g/mol. The van der Waals surface area contributed by atoms with Crippen molar-refractivity contribution in [3.8, 4) is 5.75 Å². The summed E-state index contributed by atoms with van der Waals surface area (Å²) < 4.78 is 85.2. The normalized spacial score (nSPS) is 16.0. The van der Waals surface area contributed by atoms with E-state index in [1.54, 1.807) is 7.11 Å². The van der Waals surface area contributed by atoms with Crippen LogP contribution in [-0.2, 0) is 18.8 Å².